The molecule has 1 aromatic carbocycles. The third kappa shape index (κ3) is 5.06. The minimum atomic E-state index is -4.68. The lowest BCUT2D eigenvalue weighted by Crippen LogP contribution is -2.50. The smallest absolute Gasteiger partial charge is 0.377 e. The largest absolute Gasteiger partial charge is 0.435 e. The Balaban J connectivity index is 1.55. The van der Waals surface area contributed by atoms with Crippen LogP contribution in [0.4, 0.5) is 29.1 Å². The summed E-state index contributed by atoms with van der Waals surface area (Å²) in [7, 11) is 1.51. The molecular formula is C28H31F4N5O2. The minimum Gasteiger partial charge on any atom is -0.377 e. The first-order chi connectivity index (χ1) is 18.4. The minimum absolute atomic E-state index is 0.0730. The van der Waals surface area contributed by atoms with Crippen molar-refractivity contribution in [1.29, 1.82) is 0 Å². The summed E-state index contributed by atoms with van der Waals surface area (Å²) < 4.78 is 58.8. The van der Waals surface area contributed by atoms with Gasteiger partial charge in [0.1, 0.15) is 5.82 Å². The molecule has 0 bridgehead atoms. The highest BCUT2D eigenvalue weighted by molar-refractivity contribution is 5.90. The van der Waals surface area contributed by atoms with E-state index in [0.717, 1.165) is 12.8 Å². The number of aromatic nitrogens is 2. The van der Waals surface area contributed by atoms with Crippen molar-refractivity contribution in [2.45, 2.75) is 45.8 Å². The van der Waals surface area contributed by atoms with Gasteiger partial charge in [-0.15, -0.1) is 0 Å². The molecule has 2 aromatic heterocycles. The first kappa shape index (κ1) is 27.0. The molecule has 1 saturated carbocycles. The monoisotopic (exact) mass is 545 g/mol. The van der Waals surface area contributed by atoms with Crippen molar-refractivity contribution in [3.05, 3.63) is 63.0 Å². The number of fused-ring (bicyclic) bond motifs is 1. The maximum Gasteiger partial charge on any atom is 0.435 e. The molecule has 1 saturated heterocycles. The molecule has 1 aliphatic heterocycles. The number of anilines is 2. The number of halogens is 4. The van der Waals surface area contributed by atoms with Crippen LogP contribution >= 0.6 is 0 Å². The van der Waals surface area contributed by atoms with E-state index < -0.39 is 29.3 Å². The van der Waals surface area contributed by atoms with E-state index in [1.54, 1.807) is 35.8 Å². The summed E-state index contributed by atoms with van der Waals surface area (Å²) in [5, 5.41) is 3.09. The third-order valence-electron chi connectivity index (χ3n) is 7.54. The van der Waals surface area contributed by atoms with Gasteiger partial charge in [0.2, 0.25) is 5.91 Å². The van der Waals surface area contributed by atoms with Gasteiger partial charge in [0.15, 0.2) is 11.5 Å². The van der Waals surface area contributed by atoms with Crippen molar-refractivity contribution in [1.82, 2.24) is 14.5 Å². The lowest BCUT2D eigenvalue weighted by atomic mass is 9.96. The van der Waals surface area contributed by atoms with Crippen molar-refractivity contribution in [3.63, 3.8) is 0 Å². The van der Waals surface area contributed by atoms with Gasteiger partial charge in [-0.3, -0.25) is 14.2 Å². The lowest BCUT2D eigenvalue weighted by Gasteiger charge is -2.37. The molecule has 1 aliphatic carbocycles. The number of hydrogen-bond donors (Lipinski definition) is 1. The molecule has 1 amide bonds. The van der Waals surface area contributed by atoms with Gasteiger partial charge in [0.05, 0.1) is 11.1 Å². The van der Waals surface area contributed by atoms with Crippen LogP contribution in [0.2, 0.25) is 0 Å². The molecule has 11 heteroatoms. The van der Waals surface area contributed by atoms with Gasteiger partial charge in [0.25, 0.3) is 5.56 Å². The zero-order valence-corrected chi connectivity index (χ0v) is 22.3. The number of amides is 1. The Hall–Kier alpha value is -3.63. The first-order valence-electron chi connectivity index (χ1n) is 13.0. The Kier molecular flexibility index (Phi) is 6.80. The van der Waals surface area contributed by atoms with E-state index in [9.17, 15) is 22.8 Å². The number of pyridine rings is 2. The van der Waals surface area contributed by atoms with Crippen LogP contribution in [-0.2, 0) is 18.0 Å². The fourth-order valence-electron chi connectivity index (χ4n) is 5.38. The highest BCUT2D eigenvalue weighted by Gasteiger charge is 2.37. The molecular weight excluding hydrogens is 514 g/mol. The maximum atomic E-state index is 16.4. The van der Waals surface area contributed by atoms with Crippen molar-refractivity contribution >= 4 is 28.2 Å². The molecule has 0 radical (unpaired) electrons. The van der Waals surface area contributed by atoms with Crippen LogP contribution in [0.15, 0.2) is 29.1 Å². The quantitative estimate of drug-likeness (QED) is 0.460. The average molecular weight is 546 g/mol. The molecule has 5 rings (SSSR count). The van der Waals surface area contributed by atoms with Crippen LogP contribution in [0.5, 0.6) is 0 Å². The number of carbonyl (C=O) groups excluding carboxylic acids is 1. The molecule has 3 heterocycles. The van der Waals surface area contributed by atoms with Gasteiger partial charge in [-0.2, -0.15) is 13.2 Å². The second kappa shape index (κ2) is 9.84. The van der Waals surface area contributed by atoms with Crippen molar-refractivity contribution in [3.8, 4) is 0 Å². The van der Waals surface area contributed by atoms with Gasteiger partial charge in [0, 0.05) is 56.3 Å². The van der Waals surface area contributed by atoms with Gasteiger partial charge < -0.3 is 15.1 Å². The summed E-state index contributed by atoms with van der Waals surface area (Å²) in [4.78, 5) is 33.1. The molecule has 2 fully saturated rings. The van der Waals surface area contributed by atoms with E-state index in [1.807, 2.05) is 0 Å². The Labute approximate surface area is 223 Å². The third-order valence-corrected chi connectivity index (χ3v) is 7.54. The zero-order chi connectivity index (χ0) is 28.2. The van der Waals surface area contributed by atoms with Crippen LogP contribution in [-0.4, -0.2) is 46.5 Å². The maximum absolute atomic E-state index is 16.4. The summed E-state index contributed by atoms with van der Waals surface area (Å²) in [5.74, 6) is -0.282. The van der Waals surface area contributed by atoms with Crippen LogP contribution in [0.1, 0.15) is 48.3 Å². The Morgan fingerprint density at radius 1 is 1.10 bits per heavy atom. The molecule has 3 aromatic rings. The standard InChI is InChI=1S/C28H31F4N5O2/c1-15-13-19(17(3)34-21-8-5-16(2)33-24(21)28(30,31)32)22-20(14-15)27(39)35(4)25(23(22)29)36-9-11-37(12-10-36)26(38)18-6-7-18/h5,8,13-14,17-18,34H,6-7,9-12H2,1-4H3/t17-/m1/s1. The van der Waals surface area contributed by atoms with Gasteiger partial charge >= 0.3 is 6.18 Å². The van der Waals surface area contributed by atoms with Gasteiger partial charge in [-0.1, -0.05) is 6.07 Å². The Bertz CT molecular complexity index is 1500. The van der Waals surface area contributed by atoms with E-state index in [1.165, 1.54) is 30.7 Å². The van der Waals surface area contributed by atoms with Crippen molar-refractivity contribution in [2.24, 2.45) is 13.0 Å². The van der Waals surface area contributed by atoms with E-state index >= 15 is 4.39 Å². The second-order valence-corrected chi connectivity index (χ2v) is 10.6. The van der Waals surface area contributed by atoms with Crippen LogP contribution in [0.25, 0.3) is 10.8 Å². The number of rotatable bonds is 5. The number of benzene rings is 1. The summed E-state index contributed by atoms with van der Waals surface area (Å²) in [6.07, 6.45) is -2.87. The molecule has 7 nitrogen and oxygen atoms in total. The SMILES string of the molecule is Cc1cc([C@@H](C)Nc2ccc(C)nc2C(F)(F)F)c2c(F)c(N3CCN(C(=O)C4CC4)CC3)n(C)c(=O)c2c1. The molecule has 2 aliphatic rings. The van der Waals surface area contributed by atoms with E-state index in [2.05, 4.69) is 10.3 Å². The average Bonchev–Trinajstić information content (AvgIpc) is 3.73. The van der Waals surface area contributed by atoms with E-state index in [-0.39, 0.29) is 39.8 Å². The summed E-state index contributed by atoms with van der Waals surface area (Å²) in [5.41, 5.74) is -0.404. The highest BCUT2D eigenvalue weighted by atomic mass is 19.4. The Morgan fingerprint density at radius 3 is 2.38 bits per heavy atom. The number of alkyl halides is 3. The number of nitrogens with zero attached hydrogens (tertiary/aromatic N) is 4. The zero-order valence-electron chi connectivity index (χ0n) is 22.3. The molecule has 208 valence electrons. The number of hydrogen-bond acceptors (Lipinski definition) is 5. The van der Waals surface area contributed by atoms with Crippen molar-refractivity contribution in [2.75, 3.05) is 36.4 Å². The number of carbonyl (C=O) groups is 1. The molecule has 1 atom stereocenters. The van der Waals surface area contributed by atoms with E-state index in [4.69, 9.17) is 0 Å². The number of nitrogens with one attached hydrogen (secondary N) is 1. The van der Waals surface area contributed by atoms with Crippen LogP contribution in [0.3, 0.4) is 0 Å². The van der Waals surface area contributed by atoms with Crippen LogP contribution in [0, 0.1) is 25.6 Å². The first-order valence-corrected chi connectivity index (χ1v) is 13.0. The predicted octanol–water partition coefficient (Wildman–Crippen LogP) is 4.94. The van der Waals surface area contributed by atoms with Crippen molar-refractivity contribution < 1.29 is 22.4 Å². The predicted molar refractivity (Wildman–Crippen MR) is 141 cm³/mol. The molecule has 1 N–H and O–H groups in total. The fourth-order valence-corrected chi connectivity index (χ4v) is 5.38. The molecule has 0 unspecified atom stereocenters. The van der Waals surface area contributed by atoms with Gasteiger partial charge in [-0.25, -0.2) is 9.37 Å². The highest BCUT2D eigenvalue weighted by Crippen LogP contribution is 2.37. The van der Waals surface area contributed by atoms with Gasteiger partial charge in [-0.05, 0) is 62.9 Å². The second-order valence-electron chi connectivity index (χ2n) is 10.6. The Morgan fingerprint density at radius 2 is 1.77 bits per heavy atom. The van der Waals surface area contributed by atoms with E-state index in [0.29, 0.717) is 37.3 Å². The molecule has 0 spiro atoms. The topological polar surface area (TPSA) is 70.5 Å². The molecule has 39 heavy (non-hydrogen) atoms. The number of piperazine rings is 1. The number of aryl methyl sites for hydroxylation is 2. The summed E-state index contributed by atoms with van der Waals surface area (Å²) >= 11 is 0. The van der Waals surface area contributed by atoms with Crippen LogP contribution < -0.4 is 15.8 Å². The lowest BCUT2D eigenvalue weighted by molar-refractivity contribution is -0.140. The summed E-state index contributed by atoms with van der Waals surface area (Å²) in [6, 6.07) is 5.29. The normalized spacial score (nSPS) is 17.0. The summed E-state index contributed by atoms with van der Waals surface area (Å²) in [6.45, 7) is 6.46. The fraction of sp³-hybridized carbons (Fsp3) is 0.464.